The van der Waals surface area contributed by atoms with Gasteiger partial charge in [-0.1, -0.05) is 35.8 Å². The van der Waals surface area contributed by atoms with Gasteiger partial charge in [0.2, 0.25) is 5.82 Å². The lowest BCUT2D eigenvalue weighted by molar-refractivity contribution is 0.242. The zero-order valence-corrected chi connectivity index (χ0v) is 17.9. The second-order valence-electron chi connectivity index (χ2n) is 7.70. The van der Waals surface area contributed by atoms with Crippen LogP contribution >= 0.6 is 11.6 Å². The molecule has 1 aromatic heterocycles. The van der Waals surface area contributed by atoms with E-state index in [1.54, 1.807) is 0 Å². The van der Waals surface area contributed by atoms with Crippen LogP contribution in [0.2, 0.25) is 5.02 Å². The Balaban J connectivity index is 1.61. The molecular weight excluding hydrogens is 386 g/mol. The lowest BCUT2D eigenvalue weighted by Gasteiger charge is -2.29. The Bertz CT molecular complexity index is 1000. The molecule has 1 aliphatic heterocycles. The molecule has 0 unspecified atom stereocenters. The summed E-state index contributed by atoms with van der Waals surface area (Å²) in [4.78, 5) is 7.15. The fourth-order valence-corrected chi connectivity index (χ4v) is 4.04. The SMILES string of the molecule is CCCN1CCc2c(cccc2-c2nc(-c3ccc(OC(C)C)c(Cl)c3)no2)C1. The van der Waals surface area contributed by atoms with Gasteiger partial charge in [-0.25, -0.2) is 0 Å². The summed E-state index contributed by atoms with van der Waals surface area (Å²) in [5.41, 5.74) is 4.50. The highest BCUT2D eigenvalue weighted by Gasteiger charge is 2.22. The summed E-state index contributed by atoms with van der Waals surface area (Å²) < 4.78 is 11.3. The van der Waals surface area contributed by atoms with Crippen LogP contribution in [0.3, 0.4) is 0 Å². The molecule has 0 aliphatic carbocycles. The summed E-state index contributed by atoms with van der Waals surface area (Å²) >= 11 is 6.37. The van der Waals surface area contributed by atoms with E-state index in [-0.39, 0.29) is 6.10 Å². The van der Waals surface area contributed by atoms with Crippen molar-refractivity contribution in [2.24, 2.45) is 0 Å². The first kappa shape index (κ1) is 19.9. The fourth-order valence-electron chi connectivity index (χ4n) is 3.81. The zero-order chi connectivity index (χ0) is 20.4. The minimum absolute atomic E-state index is 0.0626. The number of rotatable bonds is 6. The molecule has 5 nitrogen and oxygen atoms in total. The van der Waals surface area contributed by atoms with Crippen LogP contribution in [0.5, 0.6) is 5.75 Å². The van der Waals surface area contributed by atoms with Crippen LogP contribution in [0.15, 0.2) is 40.9 Å². The number of halogens is 1. The Morgan fingerprint density at radius 2 is 2.10 bits per heavy atom. The first-order valence-corrected chi connectivity index (χ1v) is 10.6. The predicted octanol–water partition coefficient (Wildman–Crippen LogP) is 5.61. The minimum atomic E-state index is 0.0626. The van der Waals surface area contributed by atoms with Gasteiger partial charge in [0.1, 0.15) is 5.75 Å². The van der Waals surface area contributed by atoms with E-state index >= 15 is 0 Å². The lowest BCUT2D eigenvalue weighted by Crippen LogP contribution is -2.31. The number of fused-ring (bicyclic) bond motifs is 1. The molecule has 29 heavy (non-hydrogen) atoms. The Kier molecular flexibility index (Phi) is 5.88. The van der Waals surface area contributed by atoms with Crippen molar-refractivity contribution >= 4 is 11.6 Å². The largest absolute Gasteiger partial charge is 0.489 e. The molecule has 0 radical (unpaired) electrons. The molecule has 4 rings (SSSR count). The second-order valence-corrected chi connectivity index (χ2v) is 8.11. The minimum Gasteiger partial charge on any atom is -0.489 e. The third-order valence-electron chi connectivity index (χ3n) is 5.09. The van der Waals surface area contributed by atoms with Gasteiger partial charge >= 0.3 is 0 Å². The third-order valence-corrected chi connectivity index (χ3v) is 5.39. The van der Waals surface area contributed by atoms with Crippen molar-refractivity contribution in [3.05, 3.63) is 52.5 Å². The molecule has 6 heteroatoms. The molecule has 2 heterocycles. The van der Waals surface area contributed by atoms with Gasteiger partial charge in [0, 0.05) is 24.2 Å². The van der Waals surface area contributed by atoms with E-state index in [1.807, 2.05) is 32.0 Å². The normalized spacial score (nSPS) is 14.2. The summed E-state index contributed by atoms with van der Waals surface area (Å²) in [7, 11) is 0. The number of ether oxygens (including phenoxy) is 1. The Hall–Kier alpha value is -2.37. The molecule has 3 aromatic rings. The predicted molar refractivity (Wildman–Crippen MR) is 115 cm³/mol. The number of nitrogens with zero attached hydrogens (tertiary/aromatic N) is 3. The molecule has 2 aromatic carbocycles. The molecule has 0 spiro atoms. The lowest BCUT2D eigenvalue weighted by atomic mass is 9.94. The highest BCUT2D eigenvalue weighted by molar-refractivity contribution is 6.32. The van der Waals surface area contributed by atoms with Crippen molar-refractivity contribution in [1.29, 1.82) is 0 Å². The van der Waals surface area contributed by atoms with Gasteiger partial charge in [-0.2, -0.15) is 4.98 Å². The number of hydrogen-bond donors (Lipinski definition) is 0. The first-order chi connectivity index (χ1) is 14.0. The number of aromatic nitrogens is 2. The summed E-state index contributed by atoms with van der Waals surface area (Å²) in [6.45, 7) is 9.33. The molecule has 0 N–H and O–H groups in total. The second kappa shape index (κ2) is 8.56. The van der Waals surface area contributed by atoms with Crippen LogP contribution in [0.1, 0.15) is 38.3 Å². The quantitative estimate of drug-likeness (QED) is 0.527. The molecule has 0 saturated heterocycles. The average molecular weight is 412 g/mol. The van der Waals surface area contributed by atoms with E-state index < -0.39 is 0 Å². The van der Waals surface area contributed by atoms with Crippen molar-refractivity contribution in [3.8, 4) is 28.6 Å². The van der Waals surface area contributed by atoms with Crippen LogP contribution < -0.4 is 4.74 Å². The smallest absolute Gasteiger partial charge is 0.258 e. The van der Waals surface area contributed by atoms with Crippen molar-refractivity contribution < 1.29 is 9.26 Å². The maximum Gasteiger partial charge on any atom is 0.258 e. The first-order valence-electron chi connectivity index (χ1n) is 10.2. The molecule has 1 aliphatic rings. The van der Waals surface area contributed by atoms with Crippen molar-refractivity contribution in [3.63, 3.8) is 0 Å². The highest BCUT2D eigenvalue weighted by atomic mass is 35.5. The van der Waals surface area contributed by atoms with E-state index in [0.29, 0.717) is 22.5 Å². The van der Waals surface area contributed by atoms with E-state index in [9.17, 15) is 0 Å². The van der Waals surface area contributed by atoms with Gasteiger partial charge in [-0.05, 0) is 68.6 Å². The average Bonchev–Trinajstić information content (AvgIpc) is 3.19. The van der Waals surface area contributed by atoms with E-state index in [4.69, 9.17) is 20.9 Å². The molecule has 0 amide bonds. The molecular formula is C23H26ClN3O2. The summed E-state index contributed by atoms with van der Waals surface area (Å²) in [5.74, 6) is 1.74. The molecule has 0 bridgehead atoms. The Labute approximate surface area is 176 Å². The van der Waals surface area contributed by atoms with Crippen molar-refractivity contribution in [2.75, 3.05) is 13.1 Å². The number of benzene rings is 2. The topological polar surface area (TPSA) is 51.4 Å². The van der Waals surface area contributed by atoms with Crippen LogP contribution in [0.25, 0.3) is 22.8 Å². The van der Waals surface area contributed by atoms with Crippen LogP contribution in [0, 0.1) is 0 Å². The van der Waals surface area contributed by atoms with Gasteiger partial charge in [0.05, 0.1) is 11.1 Å². The van der Waals surface area contributed by atoms with Crippen LogP contribution in [-0.4, -0.2) is 34.2 Å². The third kappa shape index (κ3) is 4.31. The van der Waals surface area contributed by atoms with Crippen molar-refractivity contribution in [2.45, 2.75) is 46.3 Å². The Morgan fingerprint density at radius 3 is 2.86 bits per heavy atom. The van der Waals surface area contributed by atoms with E-state index in [0.717, 1.165) is 37.2 Å². The van der Waals surface area contributed by atoms with Gasteiger partial charge < -0.3 is 9.26 Å². The van der Waals surface area contributed by atoms with Gasteiger partial charge in [-0.15, -0.1) is 0 Å². The maximum absolute atomic E-state index is 6.37. The zero-order valence-electron chi connectivity index (χ0n) is 17.1. The molecule has 0 fully saturated rings. The van der Waals surface area contributed by atoms with Crippen LogP contribution in [-0.2, 0) is 13.0 Å². The summed E-state index contributed by atoms with van der Waals surface area (Å²) in [6, 6.07) is 11.9. The molecule has 0 saturated carbocycles. The van der Waals surface area contributed by atoms with Gasteiger partial charge in [-0.3, -0.25) is 4.90 Å². The maximum atomic E-state index is 6.37. The van der Waals surface area contributed by atoms with Gasteiger partial charge in [0.25, 0.3) is 5.89 Å². The molecule has 0 atom stereocenters. The van der Waals surface area contributed by atoms with Crippen molar-refractivity contribution in [1.82, 2.24) is 15.0 Å². The molecule has 152 valence electrons. The fraction of sp³-hybridized carbons (Fsp3) is 0.391. The van der Waals surface area contributed by atoms with E-state index in [2.05, 4.69) is 40.2 Å². The summed E-state index contributed by atoms with van der Waals surface area (Å²) in [6.07, 6.45) is 2.23. The van der Waals surface area contributed by atoms with Gasteiger partial charge in [0.15, 0.2) is 0 Å². The Morgan fingerprint density at radius 1 is 1.24 bits per heavy atom. The van der Waals surface area contributed by atoms with Crippen LogP contribution in [0.4, 0.5) is 0 Å². The standard InChI is InChI=1S/C23H26ClN3O2/c1-4-11-27-12-10-18-17(14-27)6-5-7-19(18)23-25-22(26-29-23)16-8-9-21(20(24)13-16)28-15(2)3/h5-9,13,15H,4,10-12,14H2,1-3H3. The monoisotopic (exact) mass is 411 g/mol. The van der Waals surface area contributed by atoms with E-state index in [1.165, 1.54) is 17.5 Å². The number of hydrogen-bond acceptors (Lipinski definition) is 5. The highest BCUT2D eigenvalue weighted by Crippen LogP contribution is 2.33. The summed E-state index contributed by atoms with van der Waals surface area (Å²) in [5, 5.41) is 4.73.